The van der Waals surface area contributed by atoms with Gasteiger partial charge in [0.1, 0.15) is 6.54 Å². The molecule has 0 aromatic carbocycles. The normalized spacial score (nSPS) is 10.8. The number of hydrogen-bond acceptors (Lipinski definition) is 3. The highest BCUT2D eigenvalue weighted by atomic mass is 16.2. The van der Waals surface area contributed by atoms with Crippen molar-refractivity contribution in [2.24, 2.45) is 0 Å². The van der Waals surface area contributed by atoms with Crippen LogP contribution in [-0.4, -0.2) is 32.0 Å². The summed E-state index contributed by atoms with van der Waals surface area (Å²) in [7, 11) is 0. The van der Waals surface area contributed by atoms with E-state index in [0.29, 0.717) is 6.54 Å². The topological polar surface area (TPSA) is 64.7 Å². The van der Waals surface area contributed by atoms with Crippen LogP contribution in [0.15, 0.2) is 18.3 Å². The van der Waals surface area contributed by atoms with Crippen LogP contribution in [-0.2, 0) is 17.9 Å². The third-order valence-corrected chi connectivity index (χ3v) is 3.19. The second kappa shape index (κ2) is 6.36. The summed E-state index contributed by atoms with van der Waals surface area (Å²) in [5.41, 5.74) is 3.17. The Hall–Kier alpha value is -2.11. The molecule has 2 aromatic rings. The molecule has 0 aliphatic rings. The van der Waals surface area contributed by atoms with Gasteiger partial charge >= 0.3 is 0 Å². The summed E-state index contributed by atoms with van der Waals surface area (Å²) in [5, 5.41) is 11.4. The average Bonchev–Trinajstić information content (AvgIpc) is 2.92. The minimum Gasteiger partial charge on any atom is -0.354 e. The van der Waals surface area contributed by atoms with Gasteiger partial charge in [-0.15, -0.1) is 0 Å². The maximum Gasteiger partial charge on any atom is 0.241 e. The molecule has 6 nitrogen and oxygen atoms in total. The minimum atomic E-state index is -0.00910. The molecule has 2 rings (SSSR count). The second-order valence-corrected chi connectivity index (χ2v) is 4.98. The van der Waals surface area contributed by atoms with Crippen LogP contribution in [0.4, 0.5) is 0 Å². The number of aryl methyl sites for hydroxylation is 4. The fraction of sp³-hybridized carbons (Fsp3) is 0.500. The Balaban J connectivity index is 1.69. The van der Waals surface area contributed by atoms with Crippen LogP contribution in [0, 0.1) is 20.8 Å². The van der Waals surface area contributed by atoms with Crippen LogP contribution in [0.25, 0.3) is 0 Å². The van der Waals surface area contributed by atoms with Crippen molar-refractivity contribution in [1.29, 1.82) is 0 Å². The average molecular weight is 275 g/mol. The molecule has 0 aliphatic carbocycles. The first-order chi connectivity index (χ1) is 9.56. The van der Waals surface area contributed by atoms with Gasteiger partial charge in [0, 0.05) is 30.7 Å². The van der Waals surface area contributed by atoms with Crippen molar-refractivity contribution in [2.75, 3.05) is 6.54 Å². The number of nitrogens with zero attached hydrogens (tertiary/aromatic N) is 4. The summed E-state index contributed by atoms with van der Waals surface area (Å²) in [4.78, 5) is 11.8. The highest BCUT2D eigenvalue weighted by Gasteiger charge is 2.05. The summed E-state index contributed by atoms with van der Waals surface area (Å²) in [6.07, 6.45) is 2.57. The smallest absolute Gasteiger partial charge is 0.241 e. The lowest BCUT2D eigenvalue weighted by Gasteiger charge is -2.07. The summed E-state index contributed by atoms with van der Waals surface area (Å²) >= 11 is 0. The molecule has 0 saturated heterocycles. The van der Waals surface area contributed by atoms with Gasteiger partial charge in [0.25, 0.3) is 0 Å². The molecule has 0 fully saturated rings. The monoisotopic (exact) mass is 275 g/mol. The van der Waals surface area contributed by atoms with Gasteiger partial charge in [-0.25, -0.2) is 0 Å². The summed E-state index contributed by atoms with van der Waals surface area (Å²) in [6, 6.07) is 3.94. The molecule has 0 bridgehead atoms. The van der Waals surface area contributed by atoms with E-state index in [1.165, 1.54) is 0 Å². The van der Waals surface area contributed by atoms with Gasteiger partial charge < -0.3 is 5.32 Å². The molecule has 20 heavy (non-hydrogen) atoms. The van der Waals surface area contributed by atoms with E-state index in [1.807, 2.05) is 31.5 Å². The van der Waals surface area contributed by atoms with Crippen LogP contribution < -0.4 is 5.32 Å². The first-order valence-corrected chi connectivity index (χ1v) is 6.82. The summed E-state index contributed by atoms with van der Waals surface area (Å²) < 4.78 is 3.66. The number of amides is 1. The van der Waals surface area contributed by atoms with Crippen LogP contribution in [0.5, 0.6) is 0 Å². The molecule has 6 heteroatoms. The Labute approximate surface area is 118 Å². The van der Waals surface area contributed by atoms with Crippen molar-refractivity contribution < 1.29 is 4.79 Å². The molecular weight excluding hydrogens is 254 g/mol. The fourth-order valence-corrected chi connectivity index (χ4v) is 2.11. The number of carbonyl (C=O) groups is 1. The molecule has 2 heterocycles. The zero-order valence-electron chi connectivity index (χ0n) is 12.3. The molecule has 0 atom stereocenters. The molecule has 2 aromatic heterocycles. The molecule has 0 unspecified atom stereocenters. The van der Waals surface area contributed by atoms with Crippen molar-refractivity contribution in [1.82, 2.24) is 24.9 Å². The number of carbonyl (C=O) groups excluding carboxylic acids is 1. The second-order valence-electron chi connectivity index (χ2n) is 4.98. The van der Waals surface area contributed by atoms with Gasteiger partial charge in [-0.05, 0) is 39.3 Å². The minimum absolute atomic E-state index is 0.00910. The van der Waals surface area contributed by atoms with E-state index in [4.69, 9.17) is 0 Å². The Morgan fingerprint density at radius 3 is 2.65 bits per heavy atom. The van der Waals surface area contributed by atoms with Gasteiger partial charge in [-0.2, -0.15) is 10.2 Å². The van der Waals surface area contributed by atoms with Gasteiger partial charge in [-0.3, -0.25) is 14.2 Å². The number of nitrogens with one attached hydrogen (secondary N) is 1. The molecular formula is C14H21N5O. The van der Waals surface area contributed by atoms with E-state index in [-0.39, 0.29) is 12.5 Å². The predicted octanol–water partition coefficient (Wildman–Crippen LogP) is 1.21. The summed E-state index contributed by atoms with van der Waals surface area (Å²) in [5.74, 6) is -0.00910. The zero-order valence-corrected chi connectivity index (χ0v) is 12.3. The van der Waals surface area contributed by atoms with Gasteiger partial charge in [0.05, 0.1) is 5.69 Å². The molecule has 0 aliphatic heterocycles. The van der Waals surface area contributed by atoms with E-state index < -0.39 is 0 Å². The number of hydrogen-bond donors (Lipinski definition) is 1. The van der Waals surface area contributed by atoms with Crippen molar-refractivity contribution in [3.8, 4) is 0 Å². The Morgan fingerprint density at radius 1 is 1.25 bits per heavy atom. The van der Waals surface area contributed by atoms with E-state index in [0.717, 1.165) is 30.0 Å². The maximum atomic E-state index is 11.8. The van der Waals surface area contributed by atoms with E-state index in [1.54, 1.807) is 10.9 Å². The number of aromatic nitrogens is 4. The lowest BCUT2D eigenvalue weighted by Crippen LogP contribution is -2.29. The Bertz CT molecular complexity index is 584. The van der Waals surface area contributed by atoms with E-state index in [2.05, 4.69) is 21.6 Å². The van der Waals surface area contributed by atoms with Gasteiger partial charge in [0.15, 0.2) is 0 Å². The van der Waals surface area contributed by atoms with Gasteiger partial charge in [0.2, 0.25) is 5.91 Å². The number of rotatable bonds is 6. The van der Waals surface area contributed by atoms with Crippen LogP contribution in [0.3, 0.4) is 0 Å². The predicted molar refractivity (Wildman–Crippen MR) is 76.3 cm³/mol. The third kappa shape index (κ3) is 3.69. The Morgan fingerprint density at radius 2 is 2.05 bits per heavy atom. The van der Waals surface area contributed by atoms with E-state index >= 15 is 0 Å². The molecule has 108 valence electrons. The quantitative estimate of drug-likeness (QED) is 0.806. The summed E-state index contributed by atoms with van der Waals surface area (Å²) in [6.45, 7) is 7.71. The first kappa shape index (κ1) is 14.3. The lowest BCUT2D eigenvalue weighted by atomic mass is 10.3. The van der Waals surface area contributed by atoms with Crippen molar-refractivity contribution in [3.63, 3.8) is 0 Å². The van der Waals surface area contributed by atoms with Crippen molar-refractivity contribution in [2.45, 2.75) is 40.3 Å². The molecule has 0 saturated carbocycles. The largest absolute Gasteiger partial charge is 0.354 e. The third-order valence-electron chi connectivity index (χ3n) is 3.19. The van der Waals surface area contributed by atoms with Crippen molar-refractivity contribution >= 4 is 5.91 Å². The molecule has 1 N–H and O–H groups in total. The van der Waals surface area contributed by atoms with Crippen LogP contribution >= 0.6 is 0 Å². The Kier molecular flexibility index (Phi) is 4.55. The van der Waals surface area contributed by atoms with Crippen molar-refractivity contribution in [3.05, 3.63) is 35.4 Å². The van der Waals surface area contributed by atoms with Crippen LogP contribution in [0.1, 0.15) is 23.5 Å². The van der Waals surface area contributed by atoms with Gasteiger partial charge in [-0.1, -0.05) is 0 Å². The fourth-order valence-electron chi connectivity index (χ4n) is 2.11. The van der Waals surface area contributed by atoms with E-state index in [9.17, 15) is 4.79 Å². The maximum absolute atomic E-state index is 11.8. The molecule has 1 amide bonds. The molecule has 0 spiro atoms. The standard InChI is InChI=1S/C14H21N5O/c1-11-9-13(3)18(17-11)8-4-6-15-14(20)10-19-12(2)5-7-16-19/h5,7,9H,4,6,8,10H2,1-3H3,(H,15,20). The van der Waals surface area contributed by atoms with Crippen LogP contribution in [0.2, 0.25) is 0 Å². The zero-order chi connectivity index (χ0) is 14.5. The molecule has 0 radical (unpaired) electrons. The lowest BCUT2D eigenvalue weighted by molar-refractivity contribution is -0.121. The SMILES string of the molecule is Cc1cc(C)n(CCCNC(=O)Cn2nccc2C)n1. The first-order valence-electron chi connectivity index (χ1n) is 6.82. The highest BCUT2D eigenvalue weighted by molar-refractivity contribution is 5.75. The highest BCUT2D eigenvalue weighted by Crippen LogP contribution is 2.02.